The first-order chi connectivity index (χ1) is 11.3. The standard InChI is InChI=1S/C19H19N3O/c23-19(20-15-10-4-5-11-15)17-18(14-8-2-1-3-9-14)22-13-7-6-12-16(22)21-17/h1-3,6-9,12-13,15H,4-5,10-11H2,(H,20,23). The molecule has 1 aliphatic carbocycles. The lowest BCUT2D eigenvalue weighted by atomic mass is 10.1. The molecule has 4 nitrogen and oxygen atoms in total. The first kappa shape index (κ1) is 14.0. The summed E-state index contributed by atoms with van der Waals surface area (Å²) in [5.74, 6) is -0.0700. The Hall–Kier alpha value is -2.62. The third kappa shape index (κ3) is 2.61. The van der Waals surface area contributed by atoms with Crippen LogP contribution < -0.4 is 5.32 Å². The SMILES string of the molecule is O=C(NC1CCCC1)c1nc2ccccn2c1-c1ccccc1. The lowest BCUT2D eigenvalue weighted by Crippen LogP contribution is -2.33. The van der Waals surface area contributed by atoms with Crippen LogP contribution in [0.1, 0.15) is 36.2 Å². The summed E-state index contributed by atoms with van der Waals surface area (Å²) in [7, 11) is 0. The van der Waals surface area contributed by atoms with Crippen LogP contribution in [0.15, 0.2) is 54.7 Å². The summed E-state index contributed by atoms with van der Waals surface area (Å²) in [6, 6.07) is 16.1. The van der Waals surface area contributed by atoms with Crippen molar-refractivity contribution in [1.82, 2.24) is 14.7 Å². The van der Waals surface area contributed by atoms with Gasteiger partial charge in [0.1, 0.15) is 5.65 Å². The molecule has 0 radical (unpaired) electrons. The van der Waals surface area contributed by atoms with Crippen LogP contribution in [0, 0.1) is 0 Å². The second-order valence-electron chi connectivity index (χ2n) is 6.06. The summed E-state index contributed by atoms with van der Waals surface area (Å²) in [6.45, 7) is 0. The van der Waals surface area contributed by atoms with E-state index in [1.807, 2.05) is 59.1 Å². The molecular weight excluding hydrogens is 286 g/mol. The highest BCUT2D eigenvalue weighted by atomic mass is 16.2. The largest absolute Gasteiger partial charge is 0.348 e. The van der Waals surface area contributed by atoms with Crippen molar-refractivity contribution >= 4 is 11.6 Å². The maximum absolute atomic E-state index is 12.8. The third-order valence-corrected chi connectivity index (χ3v) is 4.48. The molecule has 2 aromatic heterocycles. The normalized spacial score (nSPS) is 15.1. The number of hydrogen-bond donors (Lipinski definition) is 1. The van der Waals surface area contributed by atoms with Gasteiger partial charge in [-0.05, 0) is 25.0 Å². The Morgan fingerprint density at radius 2 is 1.78 bits per heavy atom. The number of benzene rings is 1. The average molecular weight is 305 g/mol. The van der Waals surface area contributed by atoms with E-state index in [0.717, 1.165) is 29.7 Å². The van der Waals surface area contributed by atoms with E-state index in [9.17, 15) is 4.79 Å². The fourth-order valence-corrected chi connectivity index (χ4v) is 3.35. The van der Waals surface area contributed by atoms with Crippen LogP contribution in [0.2, 0.25) is 0 Å². The number of pyridine rings is 1. The van der Waals surface area contributed by atoms with Gasteiger partial charge in [-0.15, -0.1) is 0 Å². The molecule has 1 saturated carbocycles. The molecule has 3 aromatic rings. The van der Waals surface area contributed by atoms with Gasteiger partial charge in [0.05, 0.1) is 5.69 Å². The van der Waals surface area contributed by atoms with Gasteiger partial charge < -0.3 is 5.32 Å². The number of nitrogens with zero attached hydrogens (tertiary/aromatic N) is 2. The van der Waals surface area contributed by atoms with Gasteiger partial charge in [-0.2, -0.15) is 0 Å². The first-order valence-corrected chi connectivity index (χ1v) is 8.16. The second-order valence-corrected chi connectivity index (χ2v) is 6.06. The number of hydrogen-bond acceptors (Lipinski definition) is 2. The molecule has 1 N–H and O–H groups in total. The Morgan fingerprint density at radius 3 is 2.57 bits per heavy atom. The van der Waals surface area contributed by atoms with E-state index < -0.39 is 0 Å². The van der Waals surface area contributed by atoms with Crippen LogP contribution >= 0.6 is 0 Å². The zero-order chi connectivity index (χ0) is 15.6. The van der Waals surface area contributed by atoms with Gasteiger partial charge in [0, 0.05) is 17.8 Å². The molecular formula is C19H19N3O. The van der Waals surface area contributed by atoms with Crippen LogP contribution in [0.25, 0.3) is 16.9 Å². The molecule has 1 fully saturated rings. The summed E-state index contributed by atoms with van der Waals surface area (Å²) in [5.41, 5.74) is 3.16. The maximum Gasteiger partial charge on any atom is 0.272 e. The topological polar surface area (TPSA) is 46.4 Å². The van der Waals surface area contributed by atoms with Crippen molar-refractivity contribution in [2.75, 3.05) is 0 Å². The molecule has 4 rings (SSSR count). The maximum atomic E-state index is 12.8. The Kier molecular flexibility index (Phi) is 3.58. The number of rotatable bonds is 3. The van der Waals surface area contributed by atoms with E-state index in [1.54, 1.807) is 0 Å². The predicted molar refractivity (Wildman–Crippen MR) is 90.4 cm³/mol. The Bertz CT molecular complexity index is 832. The van der Waals surface area contributed by atoms with Crippen LogP contribution in [-0.4, -0.2) is 21.3 Å². The minimum atomic E-state index is -0.0700. The molecule has 23 heavy (non-hydrogen) atoms. The Balaban J connectivity index is 1.80. The minimum absolute atomic E-state index is 0.0700. The highest BCUT2D eigenvalue weighted by molar-refractivity contribution is 5.99. The molecule has 0 spiro atoms. The molecule has 2 heterocycles. The van der Waals surface area contributed by atoms with E-state index in [4.69, 9.17) is 0 Å². The fraction of sp³-hybridized carbons (Fsp3) is 0.263. The van der Waals surface area contributed by atoms with Crippen molar-refractivity contribution in [3.8, 4) is 11.3 Å². The number of amides is 1. The molecule has 0 atom stereocenters. The smallest absolute Gasteiger partial charge is 0.272 e. The Labute approximate surface area is 135 Å². The monoisotopic (exact) mass is 305 g/mol. The molecule has 0 aliphatic heterocycles. The second kappa shape index (κ2) is 5.88. The van der Waals surface area contributed by atoms with E-state index >= 15 is 0 Å². The predicted octanol–water partition coefficient (Wildman–Crippen LogP) is 3.67. The van der Waals surface area contributed by atoms with Gasteiger partial charge in [0.15, 0.2) is 5.69 Å². The van der Waals surface area contributed by atoms with Crippen molar-refractivity contribution in [1.29, 1.82) is 0 Å². The Morgan fingerprint density at radius 1 is 1.04 bits per heavy atom. The van der Waals surface area contributed by atoms with Crippen molar-refractivity contribution in [2.24, 2.45) is 0 Å². The zero-order valence-electron chi connectivity index (χ0n) is 12.9. The molecule has 1 amide bonds. The highest BCUT2D eigenvalue weighted by Gasteiger charge is 2.23. The number of carbonyl (C=O) groups excluding carboxylic acids is 1. The lowest BCUT2D eigenvalue weighted by Gasteiger charge is -2.11. The van der Waals surface area contributed by atoms with Crippen molar-refractivity contribution in [2.45, 2.75) is 31.7 Å². The van der Waals surface area contributed by atoms with Crippen molar-refractivity contribution < 1.29 is 4.79 Å². The van der Waals surface area contributed by atoms with E-state index in [0.29, 0.717) is 5.69 Å². The fourth-order valence-electron chi connectivity index (χ4n) is 3.35. The van der Waals surface area contributed by atoms with Crippen LogP contribution in [0.5, 0.6) is 0 Å². The number of fused-ring (bicyclic) bond motifs is 1. The summed E-state index contributed by atoms with van der Waals surface area (Å²) in [6.07, 6.45) is 6.49. The van der Waals surface area contributed by atoms with E-state index in [-0.39, 0.29) is 11.9 Å². The zero-order valence-corrected chi connectivity index (χ0v) is 12.9. The number of imidazole rings is 1. The molecule has 0 unspecified atom stereocenters. The quantitative estimate of drug-likeness (QED) is 0.802. The molecule has 1 aromatic carbocycles. The molecule has 0 bridgehead atoms. The van der Waals surface area contributed by atoms with E-state index in [2.05, 4.69) is 10.3 Å². The van der Waals surface area contributed by atoms with Gasteiger partial charge >= 0.3 is 0 Å². The first-order valence-electron chi connectivity index (χ1n) is 8.16. The third-order valence-electron chi connectivity index (χ3n) is 4.48. The number of aromatic nitrogens is 2. The molecule has 116 valence electrons. The molecule has 1 aliphatic rings. The molecule has 0 saturated heterocycles. The summed E-state index contributed by atoms with van der Waals surface area (Å²) in [5, 5.41) is 3.15. The van der Waals surface area contributed by atoms with Gasteiger partial charge in [0.2, 0.25) is 0 Å². The molecule has 4 heteroatoms. The van der Waals surface area contributed by atoms with Crippen molar-refractivity contribution in [3.05, 3.63) is 60.4 Å². The number of nitrogens with one attached hydrogen (secondary N) is 1. The van der Waals surface area contributed by atoms with E-state index in [1.165, 1.54) is 12.8 Å². The summed E-state index contributed by atoms with van der Waals surface area (Å²) >= 11 is 0. The summed E-state index contributed by atoms with van der Waals surface area (Å²) < 4.78 is 1.99. The van der Waals surface area contributed by atoms with Gasteiger partial charge in [-0.1, -0.05) is 49.2 Å². The summed E-state index contributed by atoms with van der Waals surface area (Å²) in [4.78, 5) is 17.4. The average Bonchev–Trinajstić information content (AvgIpc) is 3.22. The van der Waals surface area contributed by atoms with Gasteiger partial charge in [-0.25, -0.2) is 4.98 Å². The number of carbonyl (C=O) groups is 1. The van der Waals surface area contributed by atoms with Crippen LogP contribution in [0.4, 0.5) is 0 Å². The lowest BCUT2D eigenvalue weighted by molar-refractivity contribution is 0.0934. The minimum Gasteiger partial charge on any atom is -0.348 e. The van der Waals surface area contributed by atoms with Crippen LogP contribution in [-0.2, 0) is 0 Å². The van der Waals surface area contributed by atoms with Crippen LogP contribution in [0.3, 0.4) is 0 Å². The van der Waals surface area contributed by atoms with Crippen molar-refractivity contribution in [3.63, 3.8) is 0 Å². The highest BCUT2D eigenvalue weighted by Crippen LogP contribution is 2.26. The van der Waals surface area contributed by atoms with Gasteiger partial charge in [0.25, 0.3) is 5.91 Å². The van der Waals surface area contributed by atoms with Gasteiger partial charge in [-0.3, -0.25) is 9.20 Å².